The molecule has 0 fully saturated rings. The van der Waals surface area contributed by atoms with Crippen LogP contribution in [-0.4, -0.2) is 11.0 Å². The van der Waals surface area contributed by atoms with E-state index < -0.39 is 6.03 Å². The Labute approximate surface area is 52.6 Å². The molecule has 1 heterocycles. The molecule has 48 valence electrons. The number of allylic oxidation sites excluding steroid dienone is 2. The number of rotatable bonds is 0. The second kappa shape index (κ2) is 2.21. The maximum atomic E-state index is 10.4. The number of hydrogen-bond donors (Lipinski definition) is 2. The van der Waals surface area contributed by atoms with Gasteiger partial charge in [-0.15, -0.1) is 0 Å². The van der Waals surface area contributed by atoms with Gasteiger partial charge in [0, 0.05) is 12.4 Å². The smallest absolute Gasteiger partial charge is 0.337 e. The minimum absolute atomic E-state index is 0.518. The Morgan fingerprint density at radius 3 is 2.67 bits per heavy atom. The van der Waals surface area contributed by atoms with Gasteiger partial charge in [-0.1, -0.05) is 0 Å². The molecule has 4 nitrogen and oxygen atoms in total. The van der Waals surface area contributed by atoms with E-state index in [0.717, 1.165) is 0 Å². The number of nitrogens with zero attached hydrogens (tertiary/aromatic N) is 1. The quantitative estimate of drug-likeness (QED) is 0.475. The Kier molecular flexibility index (Phi) is 1.40. The van der Waals surface area contributed by atoms with Crippen LogP contribution in [0.25, 0.3) is 0 Å². The van der Waals surface area contributed by atoms with Crippen molar-refractivity contribution in [3.8, 4) is 0 Å². The van der Waals surface area contributed by atoms with Crippen LogP contribution < -0.4 is 11.2 Å². The second-order valence-electron chi connectivity index (χ2n) is 1.54. The standard InChI is InChI=1S/C5H7N3O/c6-5(9)8-4-2-1-3-7-8/h1-4,7H,(H2,6,9). The predicted molar refractivity (Wildman–Crippen MR) is 32.8 cm³/mol. The van der Waals surface area contributed by atoms with E-state index >= 15 is 0 Å². The second-order valence-corrected chi connectivity index (χ2v) is 1.54. The Morgan fingerprint density at radius 2 is 2.33 bits per heavy atom. The average Bonchev–Trinajstić information content (AvgIpc) is 1.90. The molecule has 0 aromatic rings. The van der Waals surface area contributed by atoms with E-state index in [-0.39, 0.29) is 0 Å². The van der Waals surface area contributed by atoms with Gasteiger partial charge in [-0.3, -0.25) is 5.43 Å². The molecule has 4 heteroatoms. The van der Waals surface area contributed by atoms with E-state index in [1.165, 1.54) is 5.01 Å². The monoisotopic (exact) mass is 125 g/mol. The summed E-state index contributed by atoms with van der Waals surface area (Å²) in [6, 6.07) is -0.518. The summed E-state index contributed by atoms with van der Waals surface area (Å²) in [5.41, 5.74) is 7.52. The molecule has 1 aliphatic rings. The molecule has 0 saturated heterocycles. The van der Waals surface area contributed by atoms with Crippen LogP contribution in [0.4, 0.5) is 4.79 Å². The summed E-state index contributed by atoms with van der Waals surface area (Å²) < 4.78 is 0. The summed E-state index contributed by atoms with van der Waals surface area (Å²) in [5, 5.41) is 1.18. The maximum absolute atomic E-state index is 10.4. The summed E-state index contributed by atoms with van der Waals surface area (Å²) in [7, 11) is 0. The molecule has 0 aromatic heterocycles. The van der Waals surface area contributed by atoms with Gasteiger partial charge >= 0.3 is 6.03 Å². The largest absolute Gasteiger partial charge is 0.350 e. The third-order valence-electron chi connectivity index (χ3n) is 0.894. The number of amides is 2. The zero-order chi connectivity index (χ0) is 6.69. The van der Waals surface area contributed by atoms with Crippen LogP contribution >= 0.6 is 0 Å². The van der Waals surface area contributed by atoms with Crippen molar-refractivity contribution in [2.24, 2.45) is 5.73 Å². The third kappa shape index (κ3) is 1.22. The summed E-state index contributed by atoms with van der Waals surface area (Å²) in [6.45, 7) is 0. The molecule has 1 rings (SSSR count). The molecule has 0 aliphatic carbocycles. The first kappa shape index (κ1) is 5.68. The number of nitrogens with one attached hydrogen (secondary N) is 1. The van der Waals surface area contributed by atoms with Crippen LogP contribution in [0.2, 0.25) is 0 Å². The van der Waals surface area contributed by atoms with Crippen molar-refractivity contribution in [2.75, 3.05) is 0 Å². The molecule has 0 radical (unpaired) electrons. The van der Waals surface area contributed by atoms with Gasteiger partial charge in [0.2, 0.25) is 0 Å². The highest BCUT2D eigenvalue weighted by Gasteiger charge is 2.02. The first-order chi connectivity index (χ1) is 4.30. The van der Waals surface area contributed by atoms with Crippen molar-refractivity contribution < 1.29 is 4.79 Å². The van der Waals surface area contributed by atoms with Crippen LogP contribution in [0.5, 0.6) is 0 Å². The lowest BCUT2D eigenvalue weighted by atomic mass is 10.5. The first-order valence-corrected chi connectivity index (χ1v) is 2.49. The van der Waals surface area contributed by atoms with Gasteiger partial charge < -0.3 is 5.73 Å². The van der Waals surface area contributed by atoms with Gasteiger partial charge in [-0.05, 0) is 12.2 Å². The van der Waals surface area contributed by atoms with Gasteiger partial charge in [0.05, 0.1) is 0 Å². The number of nitrogens with two attached hydrogens (primary N) is 1. The molecule has 9 heavy (non-hydrogen) atoms. The van der Waals surface area contributed by atoms with E-state index in [1.54, 1.807) is 24.6 Å². The first-order valence-electron chi connectivity index (χ1n) is 2.49. The molecule has 0 bridgehead atoms. The van der Waals surface area contributed by atoms with Crippen LogP contribution in [-0.2, 0) is 0 Å². The number of carbonyl (C=O) groups excluding carboxylic acids is 1. The van der Waals surface area contributed by atoms with Gasteiger partial charge in [-0.25, -0.2) is 9.80 Å². The number of carbonyl (C=O) groups is 1. The fraction of sp³-hybridized carbons (Fsp3) is 0. The lowest BCUT2D eigenvalue weighted by Gasteiger charge is -2.16. The molecule has 0 unspecified atom stereocenters. The Balaban J connectivity index is 2.56. The fourth-order valence-corrected chi connectivity index (χ4v) is 0.495. The molecule has 0 aromatic carbocycles. The summed E-state index contributed by atoms with van der Waals surface area (Å²) >= 11 is 0. The lowest BCUT2D eigenvalue weighted by molar-refractivity contribution is 0.214. The fourth-order valence-electron chi connectivity index (χ4n) is 0.495. The van der Waals surface area contributed by atoms with Crippen molar-refractivity contribution in [1.82, 2.24) is 10.4 Å². The van der Waals surface area contributed by atoms with Crippen molar-refractivity contribution in [1.29, 1.82) is 0 Å². The highest BCUT2D eigenvalue weighted by molar-refractivity contribution is 5.72. The van der Waals surface area contributed by atoms with Crippen LogP contribution in [0.3, 0.4) is 0 Å². The molecule has 3 N–H and O–H groups in total. The third-order valence-corrected chi connectivity index (χ3v) is 0.894. The van der Waals surface area contributed by atoms with Crippen molar-refractivity contribution >= 4 is 6.03 Å². The predicted octanol–water partition coefficient (Wildman–Crippen LogP) is -0.0873. The normalized spacial score (nSPS) is 15.3. The highest BCUT2D eigenvalue weighted by atomic mass is 16.2. The van der Waals surface area contributed by atoms with E-state index in [4.69, 9.17) is 5.73 Å². The topological polar surface area (TPSA) is 58.4 Å². The minimum Gasteiger partial charge on any atom is -0.350 e. The molecular weight excluding hydrogens is 118 g/mol. The SMILES string of the molecule is NC(=O)N1C=CC=CN1. The van der Waals surface area contributed by atoms with E-state index in [9.17, 15) is 4.79 Å². The lowest BCUT2D eigenvalue weighted by Crippen LogP contribution is -2.39. The Bertz CT molecular complexity index is 173. The number of hydrogen-bond acceptors (Lipinski definition) is 2. The van der Waals surface area contributed by atoms with E-state index in [1.807, 2.05) is 0 Å². The van der Waals surface area contributed by atoms with Gasteiger partial charge in [-0.2, -0.15) is 0 Å². The number of urea groups is 1. The zero-order valence-corrected chi connectivity index (χ0v) is 4.74. The van der Waals surface area contributed by atoms with Crippen molar-refractivity contribution in [3.63, 3.8) is 0 Å². The summed E-state index contributed by atoms with van der Waals surface area (Å²) in [4.78, 5) is 10.4. The molecule has 2 amide bonds. The molecular formula is C5H7N3O. The number of hydrazine groups is 1. The van der Waals surface area contributed by atoms with Gasteiger partial charge in [0.25, 0.3) is 0 Å². The zero-order valence-electron chi connectivity index (χ0n) is 4.74. The maximum Gasteiger partial charge on any atom is 0.337 e. The number of primary amides is 1. The van der Waals surface area contributed by atoms with Gasteiger partial charge in [0.15, 0.2) is 0 Å². The van der Waals surface area contributed by atoms with Crippen molar-refractivity contribution in [3.05, 3.63) is 24.6 Å². The summed E-state index contributed by atoms with van der Waals surface area (Å²) in [5.74, 6) is 0. The Hall–Kier alpha value is -1.45. The molecule has 0 spiro atoms. The summed E-state index contributed by atoms with van der Waals surface area (Å²) in [6.07, 6.45) is 6.63. The van der Waals surface area contributed by atoms with Crippen LogP contribution in [0.1, 0.15) is 0 Å². The minimum atomic E-state index is -0.518. The van der Waals surface area contributed by atoms with Crippen LogP contribution in [0, 0.1) is 0 Å². The highest BCUT2D eigenvalue weighted by Crippen LogP contribution is 1.90. The van der Waals surface area contributed by atoms with E-state index in [0.29, 0.717) is 0 Å². The van der Waals surface area contributed by atoms with Gasteiger partial charge in [0.1, 0.15) is 0 Å². The van der Waals surface area contributed by atoms with Crippen molar-refractivity contribution in [2.45, 2.75) is 0 Å². The molecule has 0 atom stereocenters. The average molecular weight is 125 g/mol. The molecule has 1 aliphatic heterocycles. The van der Waals surface area contributed by atoms with Crippen LogP contribution in [0.15, 0.2) is 24.6 Å². The molecule has 0 saturated carbocycles. The Morgan fingerprint density at radius 1 is 1.56 bits per heavy atom. The van der Waals surface area contributed by atoms with E-state index in [2.05, 4.69) is 5.43 Å².